The van der Waals surface area contributed by atoms with Gasteiger partial charge in [0.25, 0.3) is 0 Å². The minimum absolute atomic E-state index is 0.224. The molecule has 1 atom stereocenters. The van der Waals surface area contributed by atoms with Crippen molar-refractivity contribution in [2.24, 2.45) is 7.05 Å². The van der Waals surface area contributed by atoms with Crippen molar-refractivity contribution in [3.63, 3.8) is 0 Å². The number of hydrogen-bond donors (Lipinski definition) is 1. The van der Waals surface area contributed by atoms with Gasteiger partial charge < -0.3 is 14.5 Å². The average molecular weight is 461 g/mol. The Balaban J connectivity index is 1.60. The summed E-state index contributed by atoms with van der Waals surface area (Å²) in [6, 6.07) is 9.85. The van der Waals surface area contributed by atoms with E-state index in [0.717, 1.165) is 22.8 Å². The van der Waals surface area contributed by atoms with Crippen LogP contribution in [0.4, 0.5) is 4.39 Å². The summed E-state index contributed by atoms with van der Waals surface area (Å²) in [5.41, 5.74) is 3.61. The SMILES string of the molecule is Cc1cc(/C=C/C(=O)NC(c2cccc(F)c2)c2nccn2C)c(C)n1-c1ccnn1C(C)C. The lowest BCUT2D eigenvalue weighted by molar-refractivity contribution is -0.117. The van der Waals surface area contributed by atoms with Gasteiger partial charge in [-0.15, -0.1) is 0 Å². The molecule has 8 heteroatoms. The van der Waals surface area contributed by atoms with Crippen LogP contribution in [-0.4, -0.2) is 29.8 Å². The topological polar surface area (TPSA) is 69.7 Å². The van der Waals surface area contributed by atoms with Gasteiger partial charge in [-0.25, -0.2) is 14.1 Å². The van der Waals surface area contributed by atoms with Crippen molar-refractivity contribution >= 4 is 12.0 Å². The number of nitrogens with zero attached hydrogens (tertiary/aromatic N) is 5. The molecule has 0 saturated carbocycles. The molecule has 0 radical (unpaired) electrons. The van der Waals surface area contributed by atoms with E-state index >= 15 is 0 Å². The summed E-state index contributed by atoms with van der Waals surface area (Å²) < 4.78 is 19.8. The second kappa shape index (κ2) is 9.51. The fourth-order valence-electron chi connectivity index (χ4n) is 4.19. The Labute approximate surface area is 198 Å². The quantitative estimate of drug-likeness (QED) is 0.408. The smallest absolute Gasteiger partial charge is 0.244 e. The van der Waals surface area contributed by atoms with Crippen LogP contribution < -0.4 is 5.32 Å². The van der Waals surface area contributed by atoms with E-state index in [9.17, 15) is 9.18 Å². The van der Waals surface area contributed by atoms with Crippen LogP contribution in [0.2, 0.25) is 0 Å². The number of imidazole rings is 1. The molecule has 1 unspecified atom stereocenters. The molecule has 4 aromatic rings. The van der Waals surface area contributed by atoms with E-state index in [-0.39, 0.29) is 17.8 Å². The molecule has 0 fully saturated rings. The van der Waals surface area contributed by atoms with Gasteiger partial charge in [-0.1, -0.05) is 12.1 Å². The third kappa shape index (κ3) is 4.57. The van der Waals surface area contributed by atoms with Crippen LogP contribution in [0, 0.1) is 19.7 Å². The van der Waals surface area contributed by atoms with E-state index in [1.165, 1.54) is 18.2 Å². The van der Waals surface area contributed by atoms with Gasteiger partial charge in [0.05, 0.1) is 6.20 Å². The minimum atomic E-state index is -0.583. The van der Waals surface area contributed by atoms with Crippen LogP contribution in [0.5, 0.6) is 0 Å². The van der Waals surface area contributed by atoms with Crippen LogP contribution in [0.25, 0.3) is 11.9 Å². The normalized spacial score (nSPS) is 12.6. The highest BCUT2D eigenvalue weighted by Crippen LogP contribution is 2.24. The van der Waals surface area contributed by atoms with Crippen LogP contribution in [-0.2, 0) is 11.8 Å². The molecule has 0 spiro atoms. The number of nitrogens with one attached hydrogen (secondary N) is 1. The summed E-state index contributed by atoms with van der Waals surface area (Å²) in [7, 11) is 1.84. The number of rotatable bonds is 7. The van der Waals surface area contributed by atoms with Crippen molar-refractivity contribution in [2.45, 2.75) is 39.8 Å². The number of carbonyl (C=O) groups is 1. The van der Waals surface area contributed by atoms with Crippen molar-refractivity contribution < 1.29 is 9.18 Å². The number of aryl methyl sites for hydroxylation is 2. The number of amides is 1. The number of halogens is 1. The van der Waals surface area contributed by atoms with Crippen molar-refractivity contribution in [1.29, 1.82) is 0 Å². The van der Waals surface area contributed by atoms with Crippen LogP contribution in [0.3, 0.4) is 0 Å². The molecule has 0 aliphatic carbocycles. The zero-order valence-corrected chi connectivity index (χ0v) is 20.0. The molecular weight excluding hydrogens is 431 g/mol. The Bertz CT molecular complexity index is 1340. The predicted octanol–water partition coefficient (Wildman–Crippen LogP) is 4.66. The molecule has 34 heavy (non-hydrogen) atoms. The first-order valence-electron chi connectivity index (χ1n) is 11.2. The molecule has 3 heterocycles. The molecule has 4 rings (SSSR count). The maximum Gasteiger partial charge on any atom is 0.244 e. The summed E-state index contributed by atoms with van der Waals surface area (Å²) >= 11 is 0. The molecule has 1 aromatic carbocycles. The van der Waals surface area contributed by atoms with E-state index in [1.807, 2.05) is 42.3 Å². The van der Waals surface area contributed by atoms with Gasteiger partial charge in [0, 0.05) is 49.0 Å². The van der Waals surface area contributed by atoms with Crippen molar-refractivity contribution in [1.82, 2.24) is 29.2 Å². The lowest BCUT2D eigenvalue weighted by atomic mass is 10.1. The van der Waals surface area contributed by atoms with Crippen LogP contribution in [0.1, 0.15) is 54.3 Å². The number of hydrogen-bond acceptors (Lipinski definition) is 3. The molecule has 0 bridgehead atoms. The first kappa shape index (κ1) is 23.2. The molecular formula is C26H29FN6O. The Morgan fingerprint density at radius 1 is 1.15 bits per heavy atom. The fraction of sp³-hybridized carbons (Fsp3) is 0.269. The Morgan fingerprint density at radius 2 is 1.94 bits per heavy atom. The second-order valence-corrected chi connectivity index (χ2v) is 8.62. The first-order valence-corrected chi connectivity index (χ1v) is 11.2. The van der Waals surface area contributed by atoms with E-state index in [4.69, 9.17) is 0 Å². The first-order chi connectivity index (χ1) is 16.3. The summed E-state index contributed by atoms with van der Waals surface area (Å²) in [5, 5.41) is 7.41. The highest BCUT2D eigenvalue weighted by atomic mass is 19.1. The maximum atomic E-state index is 13.9. The van der Waals surface area contributed by atoms with Gasteiger partial charge >= 0.3 is 0 Å². The van der Waals surface area contributed by atoms with Gasteiger partial charge in [0.1, 0.15) is 23.5 Å². The standard InChI is InChI=1S/C26H29FN6O/c1-17(2)33-24(11-12-29-33)32-18(3)15-20(19(32)4)9-10-23(34)30-25(26-28-13-14-31(26)5)21-7-6-8-22(27)16-21/h6-17,25H,1-5H3,(H,30,34)/b10-9+. The third-order valence-electron chi connectivity index (χ3n) is 5.84. The lowest BCUT2D eigenvalue weighted by Crippen LogP contribution is -2.29. The van der Waals surface area contributed by atoms with Gasteiger partial charge in [-0.3, -0.25) is 4.79 Å². The zero-order chi connectivity index (χ0) is 24.4. The molecule has 0 aliphatic rings. The van der Waals surface area contributed by atoms with Crippen molar-refractivity contribution in [3.05, 3.63) is 95.2 Å². The molecule has 176 valence electrons. The Kier molecular flexibility index (Phi) is 6.49. The number of aromatic nitrogens is 5. The molecule has 7 nitrogen and oxygen atoms in total. The highest BCUT2D eigenvalue weighted by Gasteiger charge is 2.21. The Morgan fingerprint density at radius 3 is 2.62 bits per heavy atom. The molecule has 0 saturated heterocycles. The molecule has 3 aromatic heterocycles. The van der Waals surface area contributed by atoms with Crippen molar-refractivity contribution in [3.8, 4) is 5.82 Å². The van der Waals surface area contributed by atoms with Crippen LogP contribution in [0.15, 0.2) is 61.1 Å². The predicted molar refractivity (Wildman–Crippen MR) is 130 cm³/mol. The van der Waals surface area contributed by atoms with E-state index in [1.54, 1.807) is 36.8 Å². The van der Waals surface area contributed by atoms with Gasteiger partial charge in [-0.2, -0.15) is 5.10 Å². The zero-order valence-electron chi connectivity index (χ0n) is 20.0. The van der Waals surface area contributed by atoms with E-state index in [0.29, 0.717) is 11.4 Å². The fourth-order valence-corrected chi connectivity index (χ4v) is 4.19. The second-order valence-electron chi connectivity index (χ2n) is 8.62. The maximum absolute atomic E-state index is 13.9. The summed E-state index contributed by atoms with van der Waals surface area (Å²) in [5.74, 6) is 0.936. The molecule has 0 aliphatic heterocycles. The summed E-state index contributed by atoms with van der Waals surface area (Å²) in [4.78, 5) is 17.3. The van der Waals surface area contributed by atoms with E-state index in [2.05, 4.69) is 33.8 Å². The summed E-state index contributed by atoms with van der Waals surface area (Å²) in [6.07, 6.45) is 8.54. The van der Waals surface area contributed by atoms with Gasteiger partial charge in [0.15, 0.2) is 0 Å². The lowest BCUT2D eigenvalue weighted by Gasteiger charge is -2.18. The van der Waals surface area contributed by atoms with Crippen molar-refractivity contribution in [2.75, 3.05) is 0 Å². The average Bonchev–Trinajstić information content (AvgIpc) is 3.50. The monoisotopic (exact) mass is 460 g/mol. The summed E-state index contributed by atoms with van der Waals surface area (Å²) in [6.45, 7) is 8.23. The van der Waals surface area contributed by atoms with Crippen LogP contribution >= 0.6 is 0 Å². The molecule has 1 amide bonds. The highest BCUT2D eigenvalue weighted by molar-refractivity contribution is 5.92. The van der Waals surface area contributed by atoms with Gasteiger partial charge in [0.2, 0.25) is 5.91 Å². The third-order valence-corrected chi connectivity index (χ3v) is 5.84. The van der Waals surface area contributed by atoms with E-state index < -0.39 is 6.04 Å². The van der Waals surface area contributed by atoms with Gasteiger partial charge in [-0.05, 0) is 63.1 Å². The molecule has 1 N–H and O–H groups in total. The number of benzene rings is 1. The largest absolute Gasteiger partial charge is 0.339 e. The number of carbonyl (C=O) groups excluding carboxylic acids is 1. The Hall–Kier alpha value is -3.94. The minimum Gasteiger partial charge on any atom is -0.339 e.